The van der Waals surface area contributed by atoms with Gasteiger partial charge in [-0.2, -0.15) is 4.98 Å². The summed E-state index contributed by atoms with van der Waals surface area (Å²) in [6.07, 6.45) is 7.02. The summed E-state index contributed by atoms with van der Waals surface area (Å²) in [4.78, 5) is 8.28. The molecule has 5 heteroatoms. The first-order valence-electron chi connectivity index (χ1n) is 5.72. The first kappa shape index (κ1) is 11.1. The molecule has 1 saturated heterocycles. The molecule has 1 aromatic heterocycles. The molecule has 0 spiro atoms. The molecule has 88 valence electrons. The molecule has 1 atom stereocenters. The van der Waals surface area contributed by atoms with Gasteiger partial charge in [-0.05, 0) is 25.8 Å². The molecule has 2 rings (SSSR count). The van der Waals surface area contributed by atoms with Gasteiger partial charge in [-0.25, -0.2) is 0 Å². The van der Waals surface area contributed by atoms with Gasteiger partial charge in [0, 0.05) is 12.6 Å². The lowest BCUT2D eigenvalue weighted by Crippen LogP contribution is -2.24. The average molecular weight is 222 g/mol. The highest BCUT2D eigenvalue weighted by atomic mass is 16.5. The molecule has 2 N–H and O–H groups in total. The molecular weight excluding hydrogens is 204 g/mol. The third-order valence-corrected chi connectivity index (χ3v) is 2.78. The SMILES string of the molecule is COc1cncc(NCC[C@H]2CCCN2)n1. The fraction of sp³-hybridized carbons (Fsp3) is 0.636. The quantitative estimate of drug-likeness (QED) is 0.779. The molecule has 0 aliphatic carbocycles. The van der Waals surface area contributed by atoms with Crippen LogP contribution in [-0.2, 0) is 0 Å². The van der Waals surface area contributed by atoms with Crippen molar-refractivity contribution in [2.75, 3.05) is 25.5 Å². The van der Waals surface area contributed by atoms with Gasteiger partial charge in [0.1, 0.15) is 5.82 Å². The van der Waals surface area contributed by atoms with Gasteiger partial charge in [-0.15, -0.1) is 0 Å². The second kappa shape index (κ2) is 5.65. The van der Waals surface area contributed by atoms with Gasteiger partial charge in [0.15, 0.2) is 0 Å². The van der Waals surface area contributed by atoms with Crippen LogP contribution in [0.1, 0.15) is 19.3 Å². The molecule has 2 heterocycles. The second-order valence-corrected chi connectivity index (χ2v) is 3.96. The monoisotopic (exact) mass is 222 g/mol. The zero-order valence-corrected chi connectivity index (χ0v) is 9.57. The number of hydrogen-bond donors (Lipinski definition) is 2. The van der Waals surface area contributed by atoms with Crippen LogP contribution in [0.2, 0.25) is 0 Å². The van der Waals surface area contributed by atoms with Gasteiger partial charge in [-0.3, -0.25) is 4.98 Å². The number of aromatic nitrogens is 2. The average Bonchev–Trinajstić information content (AvgIpc) is 2.82. The van der Waals surface area contributed by atoms with Crippen LogP contribution in [0.15, 0.2) is 12.4 Å². The Labute approximate surface area is 95.6 Å². The molecule has 1 aromatic rings. The van der Waals surface area contributed by atoms with Gasteiger partial charge in [-0.1, -0.05) is 0 Å². The van der Waals surface area contributed by atoms with E-state index in [4.69, 9.17) is 4.74 Å². The van der Waals surface area contributed by atoms with E-state index in [0.29, 0.717) is 11.9 Å². The Balaban J connectivity index is 1.75. The minimum absolute atomic E-state index is 0.545. The number of nitrogens with one attached hydrogen (secondary N) is 2. The number of nitrogens with zero attached hydrogens (tertiary/aromatic N) is 2. The Kier molecular flexibility index (Phi) is 3.93. The lowest BCUT2D eigenvalue weighted by Gasteiger charge is -2.11. The van der Waals surface area contributed by atoms with Crippen LogP contribution in [0.4, 0.5) is 5.82 Å². The van der Waals surface area contributed by atoms with Crippen LogP contribution in [0.3, 0.4) is 0 Å². The van der Waals surface area contributed by atoms with Crippen molar-refractivity contribution in [1.82, 2.24) is 15.3 Å². The van der Waals surface area contributed by atoms with Crippen molar-refractivity contribution in [2.24, 2.45) is 0 Å². The second-order valence-electron chi connectivity index (χ2n) is 3.96. The molecule has 0 bridgehead atoms. The van der Waals surface area contributed by atoms with Crippen LogP contribution in [0.5, 0.6) is 5.88 Å². The minimum atomic E-state index is 0.545. The van der Waals surface area contributed by atoms with Crippen LogP contribution in [-0.4, -0.2) is 36.2 Å². The fourth-order valence-electron chi connectivity index (χ4n) is 1.91. The first-order chi connectivity index (χ1) is 7.88. The maximum Gasteiger partial charge on any atom is 0.233 e. The van der Waals surface area contributed by atoms with Crippen molar-refractivity contribution in [1.29, 1.82) is 0 Å². The molecule has 0 unspecified atom stereocenters. The number of rotatable bonds is 5. The summed E-state index contributed by atoms with van der Waals surface area (Å²) < 4.78 is 5.01. The van der Waals surface area contributed by atoms with E-state index in [1.54, 1.807) is 19.5 Å². The lowest BCUT2D eigenvalue weighted by atomic mass is 10.1. The Morgan fingerprint density at radius 3 is 3.25 bits per heavy atom. The standard InChI is InChI=1S/C11H18N4O/c1-16-11-8-12-7-10(15-11)14-6-4-9-3-2-5-13-9/h7-9,13H,2-6H2,1H3,(H,14,15)/t9-/m1/s1. The van der Waals surface area contributed by atoms with Gasteiger partial charge in [0.2, 0.25) is 5.88 Å². The minimum Gasteiger partial charge on any atom is -0.480 e. The summed E-state index contributed by atoms with van der Waals surface area (Å²) in [5.41, 5.74) is 0. The smallest absolute Gasteiger partial charge is 0.233 e. The molecule has 5 nitrogen and oxygen atoms in total. The Morgan fingerprint density at radius 1 is 1.56 bits per heavy atom. The summed E-state index contributed by atoms with van der Waals surface area (Å²) in [5.74, 6) is 1.32. The largest absolute Gasteiger partial charge is 0.480 e. The van der Waals surface area contributed by atoms with E-state index >= 15 is 0 Å². The summed E-state index contributed by atoms with van der Waals surface area (Å²) in [6.45, 7) is 2.07. The molecule has 1 aliphatic heterocycles. The first-order valence-corrected chi connectivity index (χ1v) is 5.72. The van der Waals surface area contributed by atoms with E-state index in [1.807, 2.05) is 0 Å². The molecule has 0 saturated carbocycles. The Morgan fingerprint density at radius 2 is 2.50 bits per heavy atom. The lowest BCUT2D eigenvalue weighted by molar-refractivity contribution is 0.396. The topological polar surface area (TPSA) is 59.1 Å². The molecule has 1 aliphatic rings. The van der Waals surface area contributed by atoms with Gasteiger partial charge < -0.3 is 15.4 Å². The third-order valence-electron chi connectivity index (χ3n) is 2.78. The number of hydrogen-bond acceptors (Lipinski definition) is 5. The molecule has 0 amide bonds. The number of methoxy groups -OCH3 is 1. The maximum absolute atomic E-state index is 5.01. The van der Waals surface area contributed by atoms with E-state index in [0.717, 1.165) is 25.3 Å². The van der Waals surface area contributed by atoms with E-state index in [1.165, 1.54) is 12.8 Å². The van der Waals surface area contributed by atoms with E-state index in [-0.39, 0.29) is 0 Å². The molecule has 0 radical (unpaired) electrons. The summed E-state index contributed by atoms with van der Waals surface area (Å²) >= 11 is 0. The van der Waals surface area contributed by atoms with Crippen LogP contribution in [0.25, 0.3) is 0 Å². The van der Waals surface area contributed by atoms with Gasteiger partial charge in [0.05, 0.1) is 19.5 Å². The normalized spacial score (nSPS) is 19.7. The molecular formula is C11H18N4O. The zero-order chi connectivity index (χ0) is 11.2. The predicted molar refractivity (Wildman–Crippen MR) is 62.7 cm³/mol. The highest BCUT2D eigenvalue weighted by Crippen LogP contribution is 2.11. The Bertz CT molecular complexity index is 326. The molecule has 1 fully saturated rings. The van der Waals surface area contributed by atoms with Crippen molar-refractivity contribution in [3.05, 3.63) is 12.4 Å². The van der Waals surface area contributed by atoms with Crippen molar-refractivity contribution < 1.29 is 4.74 Å². The molecule has 0 aromatic carbocycles. The van der Waals surface area contributed by atoms with Crippen molar-refractivity contribution in [3.63, 3.8) is 0 Å². The molecule has 16 heavy (non-hydrogen) atoms. The summed E-state index contributed by atoms with van der Waals surface area (Å²) in [7, 11) is 1.59. The summed E-state index contributed by atoms with van der Waals surface area (Å²) in [5, 5.41) is 6.72. The van der Waals surface area contributed by atoms with Crippen molar-refractivity contribution >= 4 is 5.82 Å². The van der Waals surface area contributed by atoms with Crippen LogP contribution >= 0.6 is 0 Å². The van der Waals surface area contributed by atoms with E-state index in [2.05, 4.69) is 20.6 Å². The van der Waals surface area contributed by atoms with Crippen LogP contribution in [0, 0.1) is 0 Å². The summed E-state index contributed by atoms with van der Waals surface area (Å²) in [6, 6.07) is 0.658. The van der Waals surface area contributed by atoms with E-state index < -0.39 is 0 Å². The van der Waals surface area contributed by atoms with E-state index in [9.17, 15) is 0 Å². The fourth-order valence-corrected chi connectivity index (χ4v) is 1.91. The third kappa shape index (κ3) is 3.06. The predicted octanol–water partition coefficient (Wildman–Crippen LogP) is 1.04. The Hall–Kier alpha value is -1.36. The highest BCUT2D eigenvalue weighted by molar-refractivity contribution is 5.32. The van der Waals surface area contributed by atoms with Crippen molar-refractivity contribution in [2.45, 2.75) is 25.3 Å². The van der Waals surface area contributed by atoms with Gasteiger partial charge in [0.25, 0.3) is 0 Å². The van der Waals surface area contributed by atoms with Gasteiger partial charge >= 0.3 is 0 Å². The van der Waals surface area contributed by atoms with Crippen LogP contribution < -0.4 is 15.4 Å². The highest BCUT2D eigenvalue weighted by Gasteiger charge is 2.12. The number of ether oxygens (including phenoxy) is 1. The zero-order valence-electron chi connectivity index (χ0n) is 9.57. The van der Waals surface area contributed by atoms with Crippen molar-refractivity contribution in [3.8, 4) is 5.88 Å². The number of anilines is 1. The maximum atomic E-state index is 5.01.